The molecule has 0 spiro atoms. The average Bonchev–Trinajstić information content (AvgIpc) is 3.68. The van der Waals surface area contributed by atoms with Crippen LogP contribution in [0.4, 0.5) is 26.9 Å². The Labute approximate surface area is 238 Å². The molecule has 3 aromatic heterocycles. The van der Waals surface area contributed by atoms with Gasteiger partial charge in [-0.25, -0.2) is 24.5 Å². The molecule has 1 atom stereocenters. The van der Waals surface area contributed by atoms with Gasteiger partial charge in [0.15, 0.2) is 0 Å². The average molecular weight is 556 g/mol. The van der Waals surface area contributed by atoms with Crippen LogP contribution in [0.3, 0.4) is 0 Å². The summed E-state index contributed by atoms with van der Waals surface area (Å²) in [5.74, 6) is 1.17. The van der Waals surface area contributed by atoms with Gasteiger partial charge >= 0.3 is 12.2 Å². The van der Waals surface area contributed by atoms with E-state index in [9.17, 15) is 20.0 Å². The van der Waals surface area contributed by atoms with Gasteiger partial charge in [-0.2, -0.15) is 5.26 Å². The Kier molecular flexibility index (Phi) is 7.75. The molecule has 2 aliphatic rings. The van der Waals surface area contributed by atoms with Gasteiger partial charge in [0, 0.05) is 43.8 Å². The van der Waals surface area contributed by atoms with E-state index in [1.54, 1.807) is 39.2 Å². The lowest BCUT2D eigenvalue weighted by Crippen LogP contribution is -2.35. The first-order chi connectivity index (χ1) is 19.6. The standard InChI is InChI=1S/C30H33N7O4/c1-30(2,3)41-29(40)37(26-10-19(14-31)6-8-33-26)27-13-22(21-4-5-21)12-25(35-27)23-11-24(17-32-16-23)34-15-20-7-9-36(18-20)28(38)39/h6,8,10-13,16-17,20-21,34H,4-5,7,9,15,18H2,1-3H3,(H,38,39)/t20-/m1/s1. The number of hydrogen-bond acceptors (Lipinski definition) is 8. The lowest BCUT2D eigenvalue weighted by molar-refractivity contribution is 0.0597. The number of aromatic nitrogens is 3. The summed E-state index contributed by atoms with van der Waals surface area (Å²) in [6, 6.07) is 11.1. The SMILES string of the molecule is CC(C)(C)OC(=O)N(c1cc(C#N)ccn1)c1cc(C2CC2)cc(-c2cncc(NC[C@H]3CCN(C(=O)O)C3)c2)n1. The molecule has 5 rings (SSSR count). The van der Waals surface area contributed by atoms with E-state index in [0.717, 1.165) is 36.1 Å². The molecule has 41 heavy (non-hydrogen) atoms. The number of nitrogens with one attached hydrogen (secondary N) is 1. The van der Waals surface area contributed by atoms with E-state index >= 15 is 0 Å². The first kappa shape index (κ1) is 27.8. The third-order valence-electron chi connectivity index (χ3n) is 6.98. The molecule has 0 aromatic carbocycles. The molecule has 11 nitrogen and oxygen atoms in total. The van der Waals surface area contributed by atoms with E-state index in [4.69, 9.17) is 9.72 Å². The first-order valence-electron chi connectivity index (χ1n) is 13.7. The summed E-state index contributed by atoms with van der Waals surface area (Å²) >= 11 is 0. The highest BCUT2D eigenvalue weighted by molar-refractivity contribution is 5.94. The molecule has 1 saturated carbocycles. The molecule has 1 aliphatic carbocycles. The van der Waals surface area contributed by atoms with Crippen molar-refractivity contribution < 1.29 is 19.4 Å². The molecule has 0 radical (unpaired) electrons. The summed E-state index contributed by atoms with van der Waals surface area (Å²) in [6.07, 6.45) is 6.30. The normalized spacial score (nSPS) is 16.6. The summed E-state index contributed by atoms with van der Waals surface area (Å²) in [5.41, 5.74) is 2.85. The van der Waals surface area contributed by atoms with Crippen LogP contribution in [-0.4, -0.2) is 62.4 Å². The monoisotopic (exact) mass is 555 g/mol. The number of nitriles is 1. The van der Waals surface area contributed by atoms with E-state index in [2.05, 4.69) is 21.4 Å². The number of pyridine rings is 3. The van der Waals surface area contributed by atoms with Gasteiger partial charge in [-0.05, 0) is 87.8 Å². The molecule has 2 amide bonds. The van der Waals surface area contributed by atoms with Crippen LogP contribution in [0.5, 0.6) is 0 Å². The number of hydrogen-bond donors (Lipinski definition) is 2. The summed E-state index contributed by atoms with van der Waals surface area (Å²) in [6.45, 7) is 7.04. The third kappa shape index (κ3) is 6.90. The zero-order valence-electron chi connectivity index (χ0n) is 23.4. The third-order valence-corrected chi connectivity index (χ3v) is 6.98. The van der Waals surface area contributed by atoms with E-state index in [1.807, 2.05) is 18.2 Å². The molecule has 0 unspecified atom stereocenters. The number of carboxylic acid groups (broad SMARTS) is 1. The second kappa shape index (κ2) is 11.4. The summed E-state index contributed by atoms with van der Waals surface area (Å²) in [7, 11) is 0. The molecular formula is C30H33N7O4. The zero-order valence-corrected chi connectivity index (χ0v) is 23.4. The Morgan fingerprint density at radius 1 is 1.17 bits per heavy atom. The van der Waals surface area contributed by atoms with Crippen molar-refractivity contribution in [3.63, 3.8) is 0 Å². The summed E-state index contributed by atoms with van der Waals surface area (Å²) in [5, 5.41) is 22.1. The molecule has 212 valence electrons. The quantitative estimate of drug-likeness (QED) is 0.371. The van der Waals surface area contributed by atoms with Gasteiger partial charge in [0.05, 0.1) is 23.0 Å². The predicted octanol–water partition coefficient (Wildman–Crippen LogP) is 5.77. The van der Waals surface area contributed by atoms with Crippen molar-refractivity contribution in [3.05, 3.63) is 60.0 Å². The van der Waals surface area contributed by atoms with Gasteiger partial charge in [0.2, 0.25) is 0 Å². The minimum absolute atomic E-state index is 0.219. The van der Waals surface area contributed by atoms with Crippen LogP contribution in [0.25, 0.3) is 11.3 Å². The maximum atomic E-state index is 13.5. The van der Waals surface area contributed by atoms with Crippen molar-refractivity contribution in [1.29, 1.82) is 5.26 Å². The maximum absolute atomic E-state index is 13.5. The number of carbonyl (C=O) groups excluding carboxylic acids is 1. The molecule has 1 aliphatic heterocycles. The van der Waals surface area contributed by atoms with E-state index < -0.39 is 17.8 Å². The van der Waals surface area contributed by atoms with Gasteiger partial charge in [0.1, 0.15) is 17.2 Å². The molecular weight excluding hydrogens is 522 g/mol. The Bertz CT molecular complexity index is 1490. The number of rotatable bonds is 7. The van der Waals surface area contributed by atoms with E-state index in [0.29, 0.717) is 42.6 Å². The van der Waals surface area contributed by atoms with Crippen LogP contribution in [-0.2, 0) is 4.74 Å². The fraction of sp³-hybridized carbons (Fsp3) is 0.400. The first-order valence-corrected chi connectivity index (χ1v) is 13.7. The van der Waals surface area contributed by atoms with Crippen molar-refractivity contribution in [2.24, 2.45) is 5.92 Å². The van der Waals surface area contributed by atoms with Crippen molar-refractivity contribution in [2.45, 2.75) is 51.6 Å². The molecule has 2 fully saturated rings. The summed E-state index contributed by atoms with van der Waals surface area (Å²) in [4.78, 5) is 41.2. The molecule has 4 heterocycles. The lowest BCUT2D eigenvalue weighted by atomic mass is 10.1. The van der Waals surface area contributed by atoms with Crippen molar-refractivity contribution in [2.75, 3.05) is 29.9 Å². The van der Waals surface area contributed by atoms with Crippen molar-refractivity contribution in [1.82, 2.24) is 19.9 Å². The van der Waals surface area contributed by atoms with Gasteiger partial charge in [-0.3, -0.25) is 4.98 Å². The Morgan fingerprint density at radius 3 is 2.66 bits per heavy atom. The minimum atomic E-state index is -0.886. The number of amides is 2. The smallest absolute Gasteiger partial charge is 0.421 e. The van der Waals surface area contributed by atoms with Crippen LogP contribution in [0.1, 0.15) is 57.1 Å². The Balaban J connectivity index is 1.48. The zero-order chi connectivity index (χ0) is 29.1. The number of ether oxygens (including phenoxy) is 1. The number of anilines is 3. The van der Waals surface area contributed by atoms with E-state index in [1.165, 1.54) is 22.1 Å². The number of likely N-dealkylation sites (tertiary alicyclic amines) is 1. The predicted molar refractivity (Wildman–Crippen MR) is 153 cm³/mol. The number of carbonyl (C=O) groups is 2. The Morgan fingerprint density at radius 2 is 1.98 bits per heavy atom. The van der Waals surface area contributed by atoms with Gasteiger partial charge in [0.25, 0.3) is 0 Å². The van der Waals surface area contributed by atoms with Crippen LogP contribution in [0.15, 0.2) is 48.9 Å². The topological polar surface area (TPSA) is 145 Å². The van der Waals surface area contributed by atoms with Gasteiger partial charge in [-0.15, -0.1) is 0 Å². The summed E-state index contributed by atoms with van der Waals surface area (Å²) < 4.78 is 5.73. The second-order valence-corrected chi connectivity index (χ2v) is 11.5. The highest BCUT2D eigenvalue weighted by Gasteiger charge is 2.31. The van der Waals surface area contributed by atoms with Crippen LogP contribution < -0.4 is 10.2 Å². The number of nitrogens with zero attached hydrogens (tertiary/aromatic N) is 6. The second-order valence-electron chi connectivity index (χ2n) is 11.5. The molecule has 3 aromatic rings. The Hall–Kier alpha value is -4.72. The fourth-order valence-electron chi connectivity index (χ4n) is 4.79. The minimum Gasteiger partial charge on any atom is -0.465 e. The molecule has 1 saturated heterocycles. The molecule has 11 heteroatoms. The van der Waals surface area contributed by atoms with Crippen LogP contribution in [0.2, 0.25) is 0 Å². The van der Waals surface area contributed by atoms with E-state index in [-0.39, 0.29) is 11.7 Å². The maximum Gasteiger partial charge on any atom is 0.421 e. The molecule has 0 bridgehead atoms. The van der Waals surface area contributed by atoms with Crippen molar-refractivity contribution >= 4 is 29.5 Å². The van der Waals surface area contributed by atoms with Crippen LogP contribution in [0, 0.1) is 17.2 Å². The molecule has 2 N–H and O–H groups in total. The largest absolute Gasteiger partial charge is 0.465 e. The fourth-order valence-corrected chi connectivity index (χ4v) is 4.79. The lowest BCUT2D eigenvalue weighted by Gasteiger charge is -2.27. The highest BCUT2D eigenvalue weighted by Crippen LogP contribution is 2.43. The van der Waals surface area contributed by atoms with Gasteiger partial charge in [-0.1, -0.05) is 0 Å². The van der Waals surface area contributed by atoms with Gasteiger partial charge < -0.3 is 20.1 Å². The van der Waals surface area contributed by atoms with Crippen LogP contribution >= 0.6 is 0 Å². The highest BCUT2D eigenvalue weighted by atomic mass is 16.6. The van der Waals surface area contributed by atoms with Crippen molar-refractivity contribution in [3.8, 4) is 17.3 Å².